The fourth-order valence-electron chi connectivity index (χ4n) is 1.23. The van der Waals surface area contributed by atoms with Crippen LogP contribution >= 0.6 is 27.5 Å². The summed E-state index contributed by atoms with van der Waals surface area (Å²) in [6.07, 6.45) is 0. The molecule has 0 radical (unpaired) electrons. The first-order valence-electron chi connectivity index (χ1n) is 4.80. The molecule has 1 aromatic carbocycles. The van der Waals surface area contributed by atoms with Crippen LogP contribution in [0.5, 0.6) is 11.8 Å². The summed E-state index contributed by atoms with van der Waals surface area (Å²) in [5.41, 5.74) is 0. The van der Waals surface area contributed by atoms with Crippen molar-refractivity contribution in [1.82, 2.24) is 14.8 Å². The number of hydrogen-bond donors (Lipinski definition) is 0. The molecule has 8 heteroatoms. The number of halogens is 4. The first kappa shape index (κ1) is 13.2. The Bertz CT molecular complexity index is 570. The molecule has 1 heterocycles. The average Bonchev–Trinajstić information content (AvgIpc) is 2.59. The summed E-state index contributed by atoms with van der Waals surface area (Å²) in [6, 6.07) is 2.81. The van der Waals surface area contributed by atoms with Crippen LogP contribution in [-0.2, 0) is 6.05 Å². The predicted octanol–water partition coefficient (Wildman–Crippen LogP) is 4.06. The molecule has 0 saturated heterocycles. The molecule has 0 spiro atoms. The third-order valence-corrected chi connectivity index (χ3v) is 2.50. The molecule has 0 aliphatic rings. The molecule has 0 unspecified atom stereocenters. The lowest BCUT2D eigenvalue weighted by Crippen LogP contribution is -2.20. The van der Waals surface area contributed by atoms with E-state index >= 15 is 0 Å². The van der Waals surface area contributed by atoms with Gasteiger partial charge in [0, 0.05) is 11.9 Å². The van der Waals surface area contributed by atoms with Gasteiger partial charge >= 0.3 is 12.1 Å². The molecule has 96 valence electrons. The van der Waals surface area contributed by atoms with E-state index in [-0.39, 0.29) is 10.7 Å². The van der Waals surface area contributed by atoms with Gasteiger partial charge in [-0.05, 0) is 34.1 Å². The zero-order chi connectivity index (χ0) is 13.3. The normalized spacial score (nSPS) is 11.6. The van der Waals surface area contributed by atoms with Gasteiger partial charge in [-0.15, -0.1) is 9.78 Å². The Morgan fingerprint density at radius 2 is 2.17 bits per heavy atom. The van der Waals surface area contributed by atoms with E-state index in [4.69, 9.17) is 16.3 Å². The smallest absolute Gasteiger partial charge is 0.345 e. The van der Waals surface area contributed by atoms with E-state index in [1.165, 1.54) is 6.07 Å². The molecule has 0 bridgehead atoms. The quantitative estimate of drug-likeness (QED) is 0.847. The highest BCUT2D eigenvalue weighted by Crippen LogP contribution is 2.29. The zero-order valence-corrected chi connectivity index (χ0v) is 11.4. The zero-order valence-electron chi connectivity index (χ0n) is 9.07. The Balaban J connectivity index is 2.35. The number of hydrogen-bond acceptors (Lipinski definition) is 3. The summed E-state index contributed by atoms with van der Waals surface area (Å²) >= 11 is 8.69. The number of nitrogens with zero attached hydrogens (tertiary/aromatic N) is 3. The second-order valence-corrected chi connectivity index (χ2v) is 4.62. The van der Waals surface area contributed by atoms with E-state index in [1.54, 1.807) is 18.2 Å². The van der Waals surface area contributed by atoms with Gasteiger partial charge in [-0.25, -0.2) is 0 Å². The van der Waals surface area contributed by atoms with Crippen LogP contribution < -0.4 is 4.74 Å². The summed E-state index contributed by atoms with van der Waals surface area (Å²) in [5, 5.41) is 3.95. The molecule has 0 aliphatic carbocycles. The largest absolute Gasteiger partial charge is 0.424 e. The highest BCUT2D eigenvalue weighted by Gasteiger charge is 2.30. The van der Waals surface area contributed by atoms with E-state index in [0.29, 0.717) is 22.4 Å². The van der Waals surface area contributed by atoms with Crippen molar-refractivity contribution in [3.8, 4) is 11.8 Å². The maximum atomic E-state index is 13.2. The van der Waals surface area contributed by atoms with Gasteiger partial charge in [-0.2, -0.15) is 13.8 Å². The summed E-state index contributed by atoms with van der Waals surface area (Å²) < 4.78 is 32.1. The van der Waals surface area contributed by atoms with Crippen molar-refractivity contribution in [3.63, 3.8) is 0 Å². The second kappa shape index (κ2) is 4.81. The molecule has 4 nitrogen and oxygen atoms in total. The summed E-state index contributed by atoms with van der Waals surface area (Å²) in [5.74, 6) is 0.299. The van der Waals surface area contributed by atoms with Crippen molar-refractivity contribution >= 4 is 27.5 Å². The van der Waals surface area contributed by atoms with Crippen LogP contribution in [0.25, 0.3) is 0 Å². The Hall–Kier alpha value is -1.21. The number of benzene rings is 1. The van der Waals surface area contributed by atoms with Gasteiger partial charge in [-0.1, -0.05) is 17.7 Å². The van der Waals surface area contributed by atoms with E-state index in [1.807, 2.05) is 0 Å². The first-order chi connectivity index (χ1) is 8.36. The van der Waals surface area contributed by atoms with Crippen molar-refractivity contribution in [2.75, 3.05) is 0 Å². The fourth-order valence-corrected chi connectivity index (χ4v) is 1.72. The average molecular weight is 339 g/mol. The van der Waals surface area contributed by atoms with E-state index in [9.17, 15) is 8.78 Å². The Labute approximate surface area is 115 Å². The van der Waals surface area contributed by atoms with E-state index < -0.39 is 6.05 Å². The lowest BCUT2D eigenvalue weighted by Gasteiger charge is -2.12. The Morgan fingerprint density at radius 1 is 1.44 bits per heavy atom. The van der Waals surface area contributed by atoms with Crippen molar-refractivity contribution < 1.29 is 13.5 Å². The lowest BCUT2D eigenvalue weighted by atomic mass is 10.3. The topological polar surface area (TPSA) is 39.9 Å². The molecule has 0 saturated carbocycles. The molecular formula is C10H7BrClF2N3O. The summed E-state index contributed by atoms with van der Waals surface area (Å²) in [6.45, 7) is 0.693. The predicted molar refractivity (Wildman–Crippen MR) is 65.1 cm³/mol. The van der Waals surface area contributed by atoms with Gasteiger partial charge < -0.3 is 4.74 Å². The lowest BCUT2D eigenvalue weighted by molar-refractivity contribution is -0.0771. The van der Waals surface area contributed by atoms with Gasteiger partial charge in [0.25, 0.3) is 0 Å². The first-order valence-corrected chi connectivity index (χ1v) is 5.97. The molecule has 0 atom stereocenters. The van der Waals surface area contributed by atoms with Crippen LogP contribution in [-0.4, -0.2) is 14.8 Å². The van der Waals surface area contributed by atoms with Crippen molar-refractivity contribution in [2.45, 2.75) is 13.0 Å². The SMILES string of the molecule is CC(F)(F)n1nc(Br)nc1Oc1cccc(Cl)c1. The van der Waals surface area contributed by atoms with Gasteiger partial charge in [0.15, 0.2) is 0 Å². The minimum Gasteiger partial charge on any atom is -0.424 e. The van der Waals surface area contributed by atoms with E-state index in [2.05, 4.69) is 26.0 Å². The molecule has 0 aliphatic heterocycles. The molecule has 0 fully saturated rings. The van der Waals surface area contributed by atoms with Crippen LogP contribution in [0.15, 0.2) is 29.0 Å². The number of alkyl halides is 2. The van der Waals surface area contributed by atoms with Crippen molar-refractivity contribution in [2.24, 2.45) is 0 Å². The van der Waals surface area contributed by atoms with Crippen molar-refractivity contribution in [1.29, 1.82) is 0 Å². The molecule has 2 rings (SSSR count). The molecule has 0 amide bonds. The van der Waals surface area contributed by atoms with Crippen LogP contribution in [0, 0.1) is 0 Å². The monoisotopic (exact) mass is 337 g/mol. The summed E-state index contributed by atoms with van der Waals surface area (Å²) in [4.78, 5) is 3.73. The van der Waals surface area contributed by atoms with Gasteiger partial charge in [0.1, 0.15) is 5.75 Å². The minimum atomic E-state index is -3.22. The Kier molecular flexibility index (Phi) is 3.54. The number of rotatable bonds is 3. The van der Waals surface area contributed by atoms with Crippen LogP contribution in [0.1, 0.15) is 6.92 Å². The second-order valence-electron chi connectivity index (χ2n) is 3.48. The van der Waals surface area contributed by atoms with E-state index in [0.717, 1.165) is 0 Å². The molecule has 0 N–H and O–H groups in total. The third kappa shape index (κ3) is 2.97. The third-order valence-electron chi connectivity index (χ3n) is 1.93. The number of aromatic nitrogens is 3. The van der Waals surface area contributed by atoms with Gasteiger partial charge in [0.2, 0.25) is 4.73 Å². The van der Waals surface area contributed by atoms with Crippen molar-refractivity contribution in [3.05, 3.63) is 34.0 Å². The standard InChI is InChI=1S/C10H7BrClF2N3O/c1-10(13,14)17-9(15-8(11)16-17)18-7-4-2-3-6(12)5-7/h2-5H,1H3. The molecule has 18 heavy (non-hydrogen) atoms. The molecule has 1 aromatic heterocycles. The van der Waals surface area contributed by atoms with Crippen LogP contribution in [0.4, 0.5) is 8.78 Å². The highest BCUT2D eigenvalue weighted by molar-refractivity contribution is 9.10. The fraction of sp³-hybridized carbons (Fsp3) is 0.200. The van der Waals surface area contributed by atoms with Crippen LogP contribution in [0.3, 0.4) is 0 Å². The maximum Gasteiger partial charge on any atom is 0.345 e. The van der Waals surface area contributed by atoms with Gasteiger partial charge in [-0.3, -0.25) is 0 Å². The number of ether oxygens (including phenoxy) is 1. The highest BCUT2D eigenvalue weighted by atomic mass is 79.9. The molecule has 2 aromatic rings. The van der Waals surface area contributed by atoms with Gasteiger partial charge in [0.05, 0.1) is 0 Å². The minimum absolute atomic E-state index is 0.0149. The van der Waals surface area contributed by atoms with Crippen LogP contribution in [0.2, 0.25) is 5.02 Å². The molecular weight excluding hydrogens is 331 g/mol. The maximum absolute atomic E-state index is 13.2. The Morgan fingerprint density at radius 3 is 2.78 bits per heavy atom. The summed E-state index contributed by atoms with van der Waals surface area (Å²) in [7, 11) is 0.